The maximum atomic E-state index is 5.87. The van der Waals surface area contributed by atoms with Crippen molar-refractivity contribution >= 4 is 11.5 Å². The average molecular weight is 234 g/mol. The molecule has 90 valence electrons. The van der Waals surface area contributed by atoms with Crippen LogP contribution in [0, 0.1) is 0 Å². The summed E-state index contributed by atoms with van der Waals surface area (Å²) in [5.41, 5.74) is 7.23. The number of nitrogens with one attached hydrogen (secondary N) is 2. The van der Waals surface area contributed by atoms with Crippen LogP contribution in [0.15, 0.2) is 18.6 Å². The summed E-state index contributed by atoms with van der Waals surface area (Å²) in [5.74, 6) is 0.952. The van der Waals surface area contributed by atoms with Crippen LogP contribution in [-0.4, -0.2) is 26.8 Å². The first kappa shape index (κ1) is 11.2. The Labute approximate surface area is 98.4 Å². The van der Waals surface area contributed by atoms with E-state index in [9.17, 15) is 0 Å². The second kappa shape index (κ2) is 5.15. The number of ether oxygens (including phenoxy) is 1. The lowest BCUT2D eigenvalue weighted by Crippen LogP contribution is -2.08. The summed E-state index contributed by atoms with van der Waals surface area (Å²) in [6.45, 7) is 2.95. The molecule has 0 aliphatic heterocycles. The molecule has 4 N–H and O–H groups in total. The highest BCUT2D eigenvalue weighted by Gasteiger charge is 2.08. The maximum Gasteiger partial charge on any atom is 0.242 e. The minimum absolute atomic E-state index is 0.398. The molecule has 0 aliphatic carbocycles. The summed E-state index contributed by atoms with van der Waals surface area (Å²) < 4.78 is 5.28. The summed E-state index contributed by atoms with van der Waals surface area (Å²) in [6, 6.07) is 1.87. The molecule has 2 aromatic rings. The number of rotatable bonds is 5. The molecule has 0 aliphatic rings. The van der Waals surface area contributed by atoms with Gasteiger partial charge in [0.05, 0.1) is 18.8 Å². The SMILES string of the molecule is CCOc1ncnc(NCc2ccn[nH]2)c1N. The topological polar surface area (TPSA) is 102 Å². The van der Waals surface area contributed by atoms with Gasteiger partial charge in [-0.1, -0.05) is 0 Å². The largest absolute Gasteiger partial charge is 0.476 e. The second-order valence-electron chi connectivity index (χ2n) is 3.31. The molecule has 0 saturated heterocycles. The van der Waals surface area contributed by atoms with E-state index in [1.54, 1.807) is 6.20 Å². The van der Waals surface area contributed by atoms with Crippen molar-refractivity contribution in [3.8, 4) is 5.88 Å². The lowest BCUT2D eigenvalue weighted by molar-refractivity contribution is 0.328. The molecule has 2 rings (SSSR count). The molecule has 2 heterocycles. The summed E-state index contributed by atoms with van der Waals surface area (Å²) in [7, 11) is 0. The van der Waals surface area contributed by atoms with Gasteiger partial charge >= 0.3 is 0 Å². The van der Waals surface area contributed by atoms with Crippen molar-refractivity contribution in [1.29, 1.82) is 0 Å². The number of aromatic amines is 1. The lowest BCUT2D eigenvalue weighted by Gasteiger charge is -2.10. The van der Waals surface area contributed by atoms with Gasteiger partial charge in [0.1, 0.15) is 12.0 Å². The summed E-state index contributed by atoms with van der Waals surface area (Å²) >= 11 is 0. The van der Waals surface area contributed by atoms with Gasteiger partial charge in [-0.3, -0.25) is 5.10 Å². The molecule has 0 bridgehead atoms. The monoisotopic (exact) mass is 234 g/mol. The average Bonchev–Trinajstić information content (AvgIpc) is 2.83. The molecule has 0 amide bonds. The predicted molar refractivity (Wildman–Crippen MR) is 63.5 cm³/mol. The van der Waals surface area contributed by atoms with Crippen molar-refractivity contribution in [3.63, 3.8) is 0 Å². The molecule has 0 unspecified atom stereocenters. The maximum absolute atomic E-state index is 5.87. The first-order valence-electron chi connectivity index (χ1n) is 5.26. The molecule has 0 aromatic carbocycles. The van der Waals surface area contributed by atoms with Gasteiger partial charge in [-0.25, -0.2) is 4.98 Å². The van der Waals surface area contributed by atoms with Crippen molar-refractivity contribution < 1.29 is 4.74 Å². The zero-order valence-corrected chi connectivity index (χ0v) is 9.47. The highest BCUT2D eigenvalue weighted by atomic mass is 16.5. The van der Waals surface area contributed by atoms with Crippen LogP contribution in [-0.2, 0) is 6.54 Å². The van der Waals surface area contributed by atoms with Gasteiger partial charge in [-0.05, 0) is 13.0 Å². The quantitative estimate of drug-likeness (QED) is 0.707. The van der Waals surface area contributed by atoms with E-state index in [0.29, 0.717) is 30.5 Å². The van der Waals surface area contributed by atoms with Crippen LogP contribution in [0.1, 0.15) is 12.6 Å². The van der Waals surface area contributed by atoms with Crippen LogP contribution in [0.4, 0.5) is 11.5 Å². The molecule has 0 saturated carbocycles. The molecule has 7 heteroatoms. The first-order chi connectivity index (χ1) is 8.31. The second-order valence-corrected chi connectivity index (χ2v) is 3.31. The van der Waals surface area contributed by atoms with Crippen LogP contribution >= 0.6 is 0 Å². The van der Waals surface area contributed by atoms with Crippen molar-refractivity contribution in [2.75, 3.05) is 17.7 Å². The van der Waals surface area contributed by atoms with E-state index in [0.717, 1.165) is 5.69 Å². The predicted octanol–water partition coefficient (Wildman–Crippen LogP) is 0.793. The summed E-state index contributed by atoms with van der Waals surface area (Å²) in [4.78, 5) is 8.01. The Hall–Kier alpha value is -2.31. The fourth-order valence-electron chi connectivity index (χ4n) is 1.33. The van der Waals surface area contributed by atoms with Crippen LogP contribution in [0.25, 0.3) is 0 Å². The highest BCUT2D eigenvalue weighted by molar-refractivity contribution is 5.66. The van der Waals surface area contributed by atoms with E-state index in [2.05, 4.69) is 25.5 Å². The minimum Gasteiger partial charge on any atom is -0.476 e. The first-order valence-corrected chi connectivity index (χ1v) is 5.26. The normalized spacial score (nSPS) is 10.2. The number of nitrogen functional groups attached to an aromatic ring is 1. The molecule has 17 heavy (non-hydrogen) atoms. The zero-order chi connectivity index (χ0) is 12.1. The number of aromatic nitrogens is 4. The highest BCUT2D eigenvalue weighted by Crippen LogP contribution is 2.24. The van der Waals surface area contributed by atoms with Crippen LogP contribution in [0.2, 0.25) is 0 Å². The smallest absolute Gasteiger partial charge is 0.242 e. The van der Waals surface area contributed by atoms with E-state index >= 15 is 0 Å². The summed E-state index contributed by atoms with van der Waals surface area (Å²) in [5, 5.41) is 9.78. The fourth-order valence-corrected chi connectivity index (χ4v) is 1.33. The zero-order valence-electron chi connectivity index (χ0n) is 9.47. The van der Waals surface area contributed by atoms with Crippen molar-refractivity contribution in [2.24, 2.45) is 0 Å². The third-order valence-electron chi connectivity index (χ3n) is 2.13. The van der Waals surface area contributed by atoms with Crippen LogP contribution in [0.3, 0.4) is 0 Å². The van der Waals surface area contributed by atoms with Crippen molar-refractivity contribution in [3.05, 3.63) is 24.3 Å². The van der Waals surface area contributed by atoms with Gasteiger partial charge in [0.15, 0.2) is 5.82 Å². The minimum atomic E-state index is 0.398. The molecular formula is C10H14N6O. The van der Waals surface area contributed by atoms with Gasteiger partial charge in [-0.2, -0.15) is 10.1 Å². The number of nitrogens with zero attached hydrogens (tertiary/aromatic N) is 3. The van der Waals surface area contributed by atoms with Gasteiger partial charge in [-0.15, -0.1) is 0 Å². The fraction of sp³-hybridized carbons (Fsp3) is 0.300. The van der Waals surface area contributed by atoms with Crippen molar-refractivity contribution in [1.82, 2.24) is 20.2 Å². The Balaban J connectivity index is 2.07. The summed E-state index contributed by atoms with van der Waals surface area (Å²) in [6.07, 6.45) is 3.10. The molecule has 0 spiro atoms. The van der Waals surface area contributed by atoms with E-state index < -0.39 is 0 Å². The number of anilines is 2. The van der Waals surface area contributed by atoms with Gasteiger partial charge < -0.3 is 15.8 Å². The number of hydrogen-bond acceptors (Lipinski definition) is 6. The number of nitrogens with two attached hydrogens (primary N) is 1. The van der Waals surface area contributed by atoms with E-state index in [4.69, 9.17) is 10.5 Å². The van der Waals surface area contributed by atoms with E-state index in [1.165, 1.54) is 6.33 Å². The standard InChI is InChI=1S/C10H14N6O/c1-2-17-10-8(11)9(13-6-14-10)12-5-7-3-4-15-16-7/h3-4,6H,2,5,11H2,1H3,(H,15,16)(H,12,13,14). The van der Waals surface area contributed by atoms with Crippen LogP contribution < -0.4 is 15.8 Å². The van der Waals surface area contributed by atoms with E-state index in [1.807, 2.05) is 13.0 Å². The number of hydrogen-bond donors (Lipinski definition) is 3. The molecule has 0 atom stereocenters. The van der Waals surface area contributed by atoms with Gasteiger partial charge in [0.25, 0.3) is 0 Å². The Morgan fingerprint density at radius 2 is 2.35 bits per heavy atom. The Bertz CT molecular complexity index is 470. The molecule has 0 radical (unpaired) electrons. The lowest BCUT2D eigenvalue weighted by atomic mass is 10.4. The Kier molecular flexibility index (Phi) is 3.39. The number of H-pyrrole nitrogens is 1. The van der Waals surface area contributed by atoms with Crippen LogP contribution in [0.5, 0.6) is 5.88 Å². The Morgan fingerprint density at radius 1 is 1.47 bits per heavy atom. The third kappa shape index (κ3) is 2.63. The molecular weight excluding hydrogens is 220 g/mol. The Morgan fingerprint density at radius 3 is 3.06 bits per heavy atom. The van der Waals surface area contributed by atoms with Gasteiger partial charge in [0.2, 0.25) is 5.88 Å². The molecule has 2 aromatic heterocycles. The van der Waals surface area contributed by atoms with E-state index in [-0.39, 0.29) is 0 Å². The third-order valence-corrected chi connectivity index (χ3v) is 2.13. The van der Waals surface area contributed by atoms with Gasteiger partial charge in [0, 0.05) is 6.20 Å². The van der Waals surface area contributed by atoms with Crippen molar-refractivity contribution in [2.45, 2.75) is 13.5 Å². The molecule has 0 fully saturated rings. The molecule has 7 nitrogen and oxygen atoms in total.